The van der Waals surface area contributed by atoms with Crippen molar-refractivity contribution in [2.24, 2.45) is 0 Å². The Balaban J connectivity index is 1.52. The Hall–Kier alpha value is -1.99. The Bertz CT molecular complexity index is 696. The van der Waals surface area contributed by atoms with Gasteiger partial charge in [0.2, 0.25) is 0 Å². The van der Waals surface area contributed by atoms with Crippen molar-refractivity contribution in [2.75, 3.05) is 19.7 Å². The number of morpholine rings is 1. The van der Waals surface area contributed by atoms with E-state index < -0.39 is 0 Å². The third kappa shape index (κ3) is 4.52. The van der Waals surface area contributed by atoms with E-state index >= 15 is 0 Å². The Morgan fingerprint density at radius 2 is 2.33 bits per heavy atom. The molecule has 1 N–H and O–H groups in total. The van der Waals surface area contributed by atoms with Crippen molar-refractivity contribution in [2.45, 2.75) is 45.4 Å². The molecule has 3 rings (SSSR count). The molecule has 7 heteroatoms. The Labute approximate surface area is 141 Å². The maximum absolute atomic E-state index is 11.3. The summed E-state index contributed by atoms with van der Waals surface area (Å²) in [5.74, 6) is 1.12. The van der Waals surface area contributed by atoms with E-state index in [0.29, 0.717) is 0 Å². The fourth-order valence-electron chi connectivity index (χ4n) is 3.09. The number of ether oxygens (including phenoxy) is 1. The molecule has 0 saturated carbocycles. The van der Waals surface area contributed by atoms with Gasteiger partial charge in [-0.1, -0.05) is 6.92 Å². The van der Waals surface area contributed by atoms with Crippen molar-refractivity contribution in [1.29, 1.82) is 0 Å². The highest BCUT2D eigenvalue weighted by Gasteiger charge is 2.21. The highest BCUT2D eigenvalue weighted by Crippen LogP contribution is 2.14. The van der Waals surface area contributed by atoms with E-state index in [4.69, 9.17) is 4.74 Å². The molecule has 130 valence electrons. The van der Waals surface area contributed by atoms with Gasteiger partial charge in [-0.05, 0) is 19.3 Å². The summed E-state index contributed by atoms with van der Waals surface area (Å²) in [6.07, 6.45) is 8.30. The summed E-state index contributed by atoms with van der Waals surface area (Å²) in [7, 11) is 0. The molecule has 0 bridgehead atoms. The largest absolute Gasteiger partial charge is 0.376 e. The molecule has 1 saturated heterocycles. The number of aryl methyl sites for hydroxylation is 2. The van der Waals surface area contributed by atoms with Gasteiger partial charge in [0.25, 0.3) is 5.56 Å². The molecule has 7 nitrogen and oxygen atoms in total. The van der Waals surface area contributed by atoms with Gasteiger partial charge in [0.15, 0.2) is 0 Å². The van der Waals surface area contributed by atoms with Gasteiger partial charge in [-0.15, -0.1) is 0 Å². The molecular weight excluding hydrogens is 306 g/mol. The molecule has 1 unspecified atom stereocenters. The molecule has 1 fully saturated rings. The van der Waals surface area contributed by atoms with Crippen LogP contribution in [-0.4, -0.2) is 50.2 Å². The zero-order valence-corrected chi connectivity index (χ0v) is 14.1. The summed E-state index contributed by atoms with van der Waals surface area (Å²) in [5, 5.41) is 0. The number of rotatable bonds is 7. The SMILES string of the molecule is CCCn1ccnc1CN1CCOC(CCc2cc(=O)[nH]cn2)C1. The molecule has 0 radical (unpaired) electrons. The highest BCUT2D eigenvalue weighted by molar-refractivity contribution is 4.99. The summed E-state index contributed by atoms with van der Waals surface area (Å²) in [5.41, 5.74) is 0.715. The van der Waals surface area contributed by atoms with Crippen LogP contribution >= 0.6 is 0 Å². The predicted octanol–water partition coefficient (Wildman–Crippen LogP) is 1.21. The lowest BCUT2D eigenvalue weighted by molar-refractivity contribution is -0.0356. The van der Waals surface area contributed by atoms with Crippen molar-refractivity contribution < 1.29 is 4.74 Å². The molecule has 1 atom stereocenters. The number of hydrogen-bond donors (Lipinski definition) is 1. The summed E-state index contributed by atoms with van der Waals surface area (Å²) in [6, 6.07) is 1.56. The third-order valence-corrected chi connectivity index (χ3v) is 4.31. The average Bonchev–Trinajstić information content (AvgIpc) is 3.01. The van der Waals surface area contributed by atoms with Crippen LogP contribution in [0.1, 0.15) is 31.3 Å². The van der Waals surface area contributed by atoms with Crippen LogP contribution in [0.15, 0.2) is 29.6 Å². The lowest BCUT2D eigenvalue weighted by Gasteiger charge is -2.32. The Morgan fingerprint density at radius 3 is 3.17 bits per heavy atom. The van der Waals surface area contributed by atoms with Crippen molar-refractivity contribution >= 4 is 0 Å². The molecule has 2 aromatic rings. The maximum atomic E-state index is 11.3. The molecule has 24 heavy (non-hydrogen) atoms. The molecule has 1 aliphatic heterocycles. The fraction of sp³-hybridized carbons (Fsp3) is 0.588. The molecule has 2 aromatic heterocycles. The second-order valence-corrected chi connectivity index (χ2v) is 6.21. The minimum atomic E-state index is -0.103. The first kappa shape index (κ1) is 16.9. The minimum absolute atomic E-state index is 0.103. The second kappa shape index (κ2) is 8.21. The number of nitrogens with zero attached hydrogens (tertiary/aromatic N) is 4. The lowest BCUT2D eigenvalue weighted by atomic mass is 10.1. The summed E-state index contributed by atoms with van der Waals surface area (Å²) in [6.45, 7) is 6.60. The van der Waals surface area contributed by atoms with Gasteiger partial charge < -0.3 is 14.3 Å². The summed E-state index contributed by atoms with van der Waals surface area (Å²) in [4.78, 5) is 24.9. The minimum Gasteiger partial charge on any atom is -0.376 e. The van der Waals surface area contributed by atoms with Gasteiger partial charge in [0.1, 0.15) is 5.82 Å². The van der Waals surface area contributed by atoms with Gasteiger partial charge in [-0.25, -0.2) is 9.97 Å². The van der Waals surface area contributed by atoms with E-state index in [0.717, 1.165) is 63.6 Å². The van der Waals surface area contributed by atoms with Crippen LogP contribution in [0.5, 0.6) is 0 Å². The number of aromatic amines is 1. The van der Waals surface area contributed by atoms with Gasteiger partial charge >= 0.3 is 0 Å². The number of hydrogen-bond acceptors (Lipinski definition) is 5. The van der Waals surface area contributed by atoms with Gasteiger partial charge in [0.05, 0.1) is 25.6 Å². The van der Waals surface area contributed by atoms with Crippen molar-refractivity contribution in [3.05, 3.63) is 46.7 Å². The number of nitrogens with one attached hydrogen (secondary N) is 1. The van der Waals surface area contributed by atoms with E-state index in [9.17, 15) is 4.79 Å². The van der Waals surface area contributed by atoms with Gasteiger partial charge in [-0.2, -0.15) is 0 Å². The van der Waals surface area contributed by atoms with Crippen LogP contribution in [-0.2, 0) is 24.2 Å². The van der Waals surface area contributed by atoms with E-state index in [1.165, 1.54) is 6.33 Å². The second-order valence-electron chi connectivity index (χ2n) is 6.21. The van der Waals surface area contributed by atoms with Crippen LogP contribution < -0.4 is 5.56 Å². The smallest absolute Gasteiger partial charge is 0.250 e. The zero-order chi connectivity index (χ0) is 16.8. The third-order valence-electron chi connectivity index (χ3n) is 4.31. The zero-order valence-electron chi connectivity index (χ0n) is 14.1. The number of H-pyrrole nitrogens is 1. The molecule has 0 aliphatic carbocycles. The van der Waals surface area contributed by atoms with Crippen molar-refractivity contribution in [3.63, 3.8) is 0 Å². The first-order chi connectivity index (χ1) is 11.7. The van der Waals surface area contributed by atoms with Crippen LogP contribution in [0.3, 0.4) is 0 Å². The normalized spacial score (nSPS) is 18.8. The number of imidazole rings is 1. The summed E-state index contributed by atoms with van der Waals surface area (Å²) < 4.78 is 8.10. The molecule has 3 heterocycles. The van der Waals surface area contributed by atoms with E-state index in [-0.39, 0.29) is 11.7 Å². The van der Waals surface area contributed by atoms with Crippen molar-refractivity contribution in [3.8, 4) is 0 Å². The molecule has 0 aromatic carbocycles. The Morgan fingerprint density at radius 1 is 1.42 bits per heavy atom. The lowest BCUT2D eigenvalue weighted by Crippen LogP contribution is -2.42. The van der Waals surface area contributed by atoms with Crippen molar-refractivity contribution in [1.82, 2.24) is 24.4 Å². The molecular formula is C17H25N5O2. The average molecular weight is 331 g/mol. The highest BCUT2D eigenvalue weighted by atomic mass is 16.5. The maximum Gasteiger partial charge on any atom is 0.250 e. The van der Waals surface area contributed by atoms with Crippen LogP contribution in [0.4, 0.5) is 0 Å². The predicted molar refractivity (Wildman–Crippen MR) is 90.7 cm³/mol. The molecule has 1 aliphatic rings. The van der Waals surface area contributed by atoms with Gasteiger partial charge in [-0.3, -0.25) is 9.69 Å². The standard InChI is InChI=1S/C17H25N5O2/c1-2-6-22-7-5-18-16(22)12-21-8-9-24-15(11-21)4-3-14-10-17(23)20-13-19-14/h5,7,10,13,15H,2-4,6,8-9,11-12H2,1H3,(H,19,20,23). The van der Waals surface area contributed by atoms with E-state index in [2.05, 4.69) is 37.5 Å². The van der Waals surface area contributed by atoms with Gasteiger partial charge in [0, 0.05) is 43.8 Å². The van der Waals surface area contributed by atoms with Crippen LogP contribution in [0.25, 0.3) is 0 Å². The fourth-order valence-corrected chi connectivity index (χ4v) is 3.09. The first-order valence-corrected chi connectivity index (χ1v) is 8.62. The van der Waals surface area contributed by atoms with E-state index in [1.54, 1.807) is 6.07 Å². The Kier molecular flexibility index (Phi) is 5.77. The molecule has 0 amide bonds. The molecule has 0 spiro atoms. The van der Waals surface area contributed by atoms with Crippen LogP contribution in [0, 0.1) is 0 Å². The van der Waals surface area contributed by atoms with Crippen LogP contribution in [0.2, 0.25) is 0 Å². The topological polar surface area (TPSA) is 76.0 Å². The summed E-state index contributed by atoms with van der Waals surface area (Å²) >= 11 is 0. The monoisotopic (exact) mass is 331 g/mol. The number of aromatic nitrogens is 4. The quantitative estimate of drug-likeness (QED) is 0.825. The van der Waals surface area contributed by atoms with E-state index in [1.807, 2.05) is 6.20 Å². The first-order valence-electron chi connectivity index (χ1n) is 8.62.